The number of alkyl carbamates (subject to hydrolysis) is 1. The fourth-order valence-electron chi connectivity index (χ4n) is 6.57. The van der Waals surface area contributed by atoms with Crippen molar-refractivity contribution in [2.75, 3.05) is 13.1 Å². The molecule has 3 N–H and O–H groups in total. The van der Waals surface area contributed by atoms with Gasteiger partial charge in [-0.15, -0.1) is 0 Å². The van der Waals surface area contributed by atoms with Crippen molar-refractivity contribution in [2.45, 2.75) is 156 Å². The van der Waals surface area contributed by atoms with E-state index >= 15 is 0 Å². The fraction of sp³-hybridized carbons (Fsp3) is 0.622. The van der Waals surface area contributed by atoms with Crippen molar-refractivity contribution in [3.8, 4) is 0 Å². The van der Waals surface area contributed by atoms with Gasteiger partial charge in [-0.05, 0) is 101 Å². The van der Waals surface area contributed by atoms with Crippen LogP contribution in [0.15, 0.2) is 54.6 Å². The lowest BCUT2D eigenvalue weighted by Crippen LogP contribution is -2.56. The average molecular weight is 807 g/mol. The quantitative estimate of drug-likeness (QED) is 0.140. The topological polar surface area (TPSA) is 143 Å². The van der Waals surface area contributed by atoms with E-state index in [4.69, 9.17) is 9.16 Å². The van der Waals surface area contributed by atoms with Crippen LogP contribution in [-0.4, -0.2) is 85.7 Å². The number of hydrogen-bond acceptors (Lipinski definition) is 7. The Morgan fingerprint density at radius 3 is 1.91 bits per heavy atom. The first kappa shape index (κ1) is 47.3. The van der Waals surface area contributed by atoms with Gasteiger partial charge in [-0.25, -0.2) is 4.79 Å². The van der Waals surface area contributed by atoms with E-state index in [1.54, 1.807) is 17.0 Å². The third-order valence-corrected chi connectivity index (χ3v) is 15.6. The van der Waals surface area contributed by atoms with Crippen LogP contribution in [0.5, 0.6) is 0 Å². The molecule has 0 saturated carbocycles. The monoisotopic (exact) mass is 807 g/mol. The van der Waals surface area contributed by atoms with E-state index in [0.717, 1.165) is 11.1 Å². The summed E-state index contributed by atoms with van der Waals surface area (Å²) >= 11 is 0. The second-order valence-corrected chi connectivity index (χ2v) is 23.3. The Morgan fingerprint density at radius 1 is 0.807 bits per heavy atom. The first-order chi connectivity index (χ1) is 26.5. The van der Waals surface area contributed by atoms with E-state index in [0.29, 0.717) is 50.8 Å². The highest BCUT2D eigenvalue weighted by atomic mass is 28.4. The summed E-state index contributed by atoms with van der Waals surface area (Å²) < 4.78 is 13.0. The van der Waals surface area contributed by atoms with Crippen LogP contribution in [-0.2, 0) is 36.4 Å². The maximum atomic E-state index is 14.8. The normalized spacial score (nSPS) is 16.6. The molecule has 4 amide bonds. The Hall–Kier alpha value is -4.03. The first-order valence-electron chi connectivity index (χ1n) is 20.7. The average Bonchev–Trinajstić information content (AvgIpc) is 3.11. The predicted molar refractivity (Wildman–Crippen MR) is 228 cm³/mol. The highest BCUT2D eigenvalue weighted by Crippen LogP contribution is 2.39. The van der Waals surface area contributed by atoms with Crippen molar-refractivity contribution < 1.29 is 33.1 Å². The number of piperidine rings is 1. The van der Waals surface area contributed by atoms with E-state index in [2.05, 4.69) is 49.8 Å². The molecule has 0 bridgehead atoms. The van der Waals surface area contributed by atoms with Gasteiger partial charge in [0, 0.05) is 43.5 Å². The summed E-state index contributed by atoms with van der Waals surface area (Å²) in [4.78, 5) is 69.0. The number of rotatable bonds is 17. The van der Waals surface area contributed by atoms with Crippen molar-refractivity contribution in [3.63, 3.8) is 0 Å². The molecule has 57 heavy (non-hydrogen) atoms. The van der Waals surface area contributed by atoms with Gasteiger partial charge < -0.3 is 30.0 Å². The van der Waals surface area contributed by atoms with Gasteiger partial charge >= 0.3 is 6.09 Å². The molecule has 1 fully saturated rings. The summed E-state index contributed by atoms with van der Waals surface area (Å²) in [5, 5.41) is 9.05. The summed E-state index contributed by atoms with van der Waals surface area (Å²) in [6.07, 6.45) is 1.00. The second-order valence-electron chi connectivity index (χ2n) is 18.6. The molecule has 2 aromatic carbocycles. The van der Waals surface area contributed by atoms with Gasteiger partial charge in [0.05, 0.1) is 12.1 Å². The van der Waals surface area contributed by atoms with E-state index in [-0.39, 0.29) is 46.9 Å². The Bertz CT molecular complexity index is 1640. The zero-order valence-corrected chi connectivity index (χ0v) is 37.6. The molecule has 0 aliphatic carbocycles. The molecular formula is C45H70N4O7Si. The molecule has 1 saturated heterocycles. The van der Waals surface area contributed by atoms with Crippen molar-refractivity contribution in [2.24, 2.45) is 11.8 Å². The molecule has 0 aromatic heterocycles. The minimum absolute atomic E-state index is 0.0206. The Morgan fingerprint density at radius 2 is 1.39 bits per heavy atom. The van der Waals surface area contributed by atoms with Gasteiger partial charge in [0.1, 0.15) is 17.4 Å². The van der Waals surface area contributed by atoms with Gasteiger partial charge in [-0.1, -0.05) is 83.5 Å². The molecule has 12 heteroatoms. The van der Waals surface area contributed by atoms with Crippen molar-refractivity contribution in [1.82, 2.24) is 20.9 Å². The van der Waals surface area contributed by atoms with Gasteiger partial charge in [-0.3, -0.25) is 19.2 Å². The SMILES string of the molecule is CC[C@H](C)[C@H](NC(=O)[C@H](Cc1ccc(C(=O)NC(C)C)cc1)C[C@H](O[Si](C)(C)C(C)(C)C)[C@H](Cc1ccccc1)NC(=O)OC(C)(C)C)C(=O)N1CCC(=O)CC1. The summed E-state index contributed by atoms with van der Waals surface area (Å²) in [6, 6.07) is 15.7. The summed E-state index contributed by atoms with van der Waals surface area (Å²) in [7, 11) is -2.53. The lowest BCUT2D eigenvalue weighted by atomic mass is 9.87. The number of Topliss-reactive ketones (excluding diaryl/α,β-unsaturated/α-hetero) is 1. The van der Waals surface area contributed by atoms with Crippen LogP contribution in [0.4, 0.5) is 4.79 Å². The van der Waals surface area contributed by atoms with E-state index in [1.807, 2.05) is 90.9 Å². The Balaban J connectivity index is 2.13. The first-order valence-corrected chi connectivity index (χ1v) is 23.6. The largest absolute Gasteiger partial charge is 0.444 e. The molecule has 2 aromatic rings. The highest BCUT2D eigenvalue weighted by Gasteiger charge is 2.43. The highest BCUT2D eigenvalue weighted by molar-refractivity contribution is 6.74. The standard InChI is InChI=1S/C45H70N4O7Si/c1-13-31(4)39(42(53)49-25-23-36(50)24-26-49)48-41(52)35(27-33-19-21-34(22-20-33)40(51)46-30(2)3)29-38(56-57(11,12)45(8,9)10)37(28-32-17-15-14-16-18-32)47-43(54)55-44(5,6)7/h14-22,30-31,35,37-39H,13,23-29H2,1-12H3,(H,46,51)(H,47,54)(H,48,52)/t31-,35+,37-,38-,39-/m0/s1. The minimum atomic E-state index is -2.53. The number of likely N-dealkylation sites (tertiary alicyclic amines) is 1. The van der Waals surface area contributed by atoms with Gasteiger partial charge in [0.25, 0.3) is 5.91 Å². The van der Waals surface area contributed by atoms with E-state index in [1.165, 1.54) is 0 Å². The fourth-order valence-corrected chi connectivity index (χ4v) is 7.94. The van der Waals surface area contributed by atoms with Crippen molar-refractivity contribution in [1.29, 1.82) is 0 Å². The minimum Gasteiger partial charge on any atom is -0.444 e. The third-order valence-electron chi connectivity index (χ3n) is 11.1. The number of nitrogens with one attached hydrogen (secondary N) is 3. The number of ketones is 1. The zero-order chi connectivity index (χ0) is 42.7. The van der Waals surface area contributed by atoms with Crippen LogP contribution in [0.3, 0.4) is 0 Å². The van der Waals surface area contributed by atoms with Gasteiger partial charge in [-0.2, -0.15) is 0 Å². The molecule has 0 radical (unpaired) electrons. The lowest BCUT2D eigenvalue weighted by Gasteiger charge is -2.42. The Kier molecular flexibility index (Phi) is 17.1. The van der Waals surface area contributed by atoms with Gasteiger partial charge in [0.2, 0.25) is 11.8 Å². The van der Waals surface area contributed by atoms with Crippen LogP contribution >= 0.6 is 0 Å². The molecule has 1 aliphatic rings. The van der Waals surface area contributed by atoms with E-state index in [9.17, 15) is 24.0 Å². The smallest absolute Gasteiger partial charge is 0.407 e. The van der Waals surface area contributed by atoms with Crippen LogP contribution < -0.4 is 16.0 Å². The maximum Gasteiger partial charge on any atom is 0.407 e. The molecule has 316 valence electrons. The van der Waals surface area contributed by atoms with Crippen LogP contribution in [0.2, 0.25) is 18.1 Å². The molecule has 1 aliphatic heterocycles. The maximum absolute atomic E-state index is 14.8. The molecule has 1 heterocycles. The molecule has 5 atom stereocenters. The molecule has 3 rings (SSSR count). The molecule has 0 unspecified atom stereocenters. The van der Waals surface area contributed by atoms with Crippen molar-refractivity contribution >= 4 is 37.9 Å². The number of hydrogen-bond donors (Lipinski definition) is 3. The summed E-state index contributed by atoms with van der Waals surface area (Å²) in [5.41, 5.74) is 1.60. The predicted octanol–water partition coefficient (Wildman–Crippen LogP) is 7.62. The summed E-state index contributed by atoms with van der Waals surface area (Å²) in [5.74, 6) is -1.41. The molecule has 0 spiro atoms. The number of ether oxygens (including phenoxy) is 1. The third kappa shape index (κ3) is 15.0. The number of carbonyl (C=O) groups excluding carboxylic acids is 5. The number of amides is 4. The van der Waals surface area contributed by atoms with Gasteiger partial charge in [0.15, 0.2) is 8.32 Å². The van der Waals surface area contributed by atoms with E-state index < -0.39 is 44.1 Å². The van der Waals surface area contributed by atoms with Crippen molar-refractivity contribution in [3.05, 3.63) is 71.3 Å². The second kappa shape index (κ2) is 20.6. The number of carbonyl (C=O) groups is 5. The molecular weight excluding hydrogens is 737 g/mol. The van der Waals surface area contributed by atoms with Crippen LogP contribution in [0.1, 0.15) is 116 Å². The number of nitrogens with zero attached hydrogens (tertiary/aromatic N) is 1. The lowest BCUT2D eigenvalue weighted by molar-refractivity contribution is -0.141. The number of benzene rings is 2. The Labute approximate surface area is 342 Å². The van der Waals surface area contributed by atoms with Crippen LogP contribution in [0, 0.1) is 11.8 Å². The molecule has 11 nitrogen and oxygen atoms in total. The summed E-state index contributed by atoms with van der Waals surface area (Å²) in [6.45, 7) is 24.7. The zero-order valence-electron chi connectivity index (χ0n) is 36.6. The van der Waals surface area contributed by atoms with Crippen LogP contribution in [0.25, 0.3) is 0 Å².